The second-order valence-electron chi connectivity index (χ2n) is 9.73. The van der Waals surface area contributed by atoms with Gasteiger partial charge in [-0.2, -0.15) is 0 Å². The molecular formula is C26H28Br2N2O. The molecule has 5 heteroatoms. The number of piperidine rings is 1. The van der Waals surface area contributed by atoms with E-state index in [1.54, 1.807) is 0 Å². The molecule has 2 fully saturated rings. The van der Waals surface area contributed by atoms with E-state index in [4.69, 9.17) is 4.74 Å². The Kier molecular flexibility index (Phi) is 4.82. The lowest BCUT2D eigenvalue weighted by atomic mass is 9.80. The van der Waals surface area contributed by atoms with Crippen LogP contribution in [0.25, 0.3) is 6.08 Å². The third-order valence-electron chi connectivity index (χ3n) is 7.69. The van der Waals surface area contributed by atoms with Crippen LogP contribution in [-0.4, -0.2) is 36.8 Å². The van der Waals surface area contributed by atoms with Crippen LogP contribution in [0.15, 0.2) is 44.9 Å². The SMILES string of the molecule is Cc1ccc2c(c1)C1CN(C)CCC1N2C12CCCCC1=Cc1cc(Br)cc(Br)c1O2. The summed E-state index contributed by atoms with van der Waals surface area (Å²) >= 11 is 7.45. The van der Waals surface area contributed by atoms with Gasteiger partial charge in [0.25, 0.3) is 0 Å². The van der Waals surface area contributed by atoms with E-state index in [9.17, 15) is 0 Å². The summed E-state index contributed by atoms with van der Waals surface area (Å²) in [5.74, 6) is 1.53. The van der Waals surface area contributed by atoms with Gasteiger partial charge in [0.05, 0.1) is 4.47 Å². The predicted molar refractivity (Wildman–Crippen MR) is 134 cm³/mol. The Labute approximate surface area is 201 Å². The standard InChI is InChI=1S/C26H28Br2N2O/c1-16-6-7-23-20(11-16)21-15-29(2)10-8-24(21)30(23)26-9-4-3-5-18(26)12-17-13-19(27)14-22(28)25(17)31-26/h6-7,11-14,21,24H,3-5,8-10,15H2,1-2H3. The number of aryl methyl sites for hydroxylation is 1. The summed E-state index contributed by atoms with van der Waals surface area (Å²) in [6, 6.07) is 11.8. The quantitative estimate of drug-likeness (QED) is 0.390. The molecule has 2 aromatic rings. The maximum Gasteiger partial charge on any atom is 0.206 e. The van der Waals surface area contributed by atoms with Gasteiger partial charge in [-0.15, -0.1) is 0 Å². The van der Waals surface area contributed by atoms with Crippen LogP contribution in [0.1, 0.15) is 54.7 Å². The van der Waals surface area contributed by atoms with Gasteiger partial charge in [0.2, 0.25) is 5.72 Å². The molecule has 3 nitrogen and oxygen atoms in total. The number of hydrogen-bond donors (Lipinski definition) is 0. The van der Waals surface area contributed by atoms with Crippen molar-refractivity contribution in [2.45, 2.75) is 56.7 Å². The first-order valence-corrected chi connectivity index (χ1v) is 13.0. The van der Waals surface area contributed by atoms with Crippen LogP contribution in [0.3, 0.4) is 0 Å². The largest absolute Gasteiger partial charge is 0.462 e. The van der Waals surface area contributed by atoms with Crippen LogP contribution in [0, 0.1) is 6.92 Å². The molecule has 0 amide bonds. The molecule has 0 radical (unpaired) electrons. The smallest absolute Gasteiger partial charge is 0.206 e. The number of hydrogen-bond acceptors (Lipinski definition) is 3. The fourth-order valence-electron chi connectivity index (χ4n) is 6.36. The second kappa shape index (κ2) is 7.36. The molecule has 0 bridgehead atoms. The van der Waals surface area contributed by atoms with Gasteiger partial charge in [0.1, 0.15) is 5.75 Å². The first kappa shape index (κ1) is 20.3. The number of likely N-dealkylation sites (N-methyl/N-ethyl adjacent to an activating group) is 1. The zero-order valence-corrected chi connectivity index (χ0v) is 21.3. The minimum atomic E-state index is -0.374. The van der Waals surface area contributed by atoms with E-state index < -0.39 is 0 Å². The highest BCUT2D eigenvalue weighted by Gasteiger charge is 2.55. The lowest BCUT2D eigenvalue weighted by Crippen LogP contribution is -2.61. The van der Waals surface area contributed by atoms with Crippen molar-refractivity contribution in [2.75, 3.05) is 25.0 Å². The normalized spacial score (nSPS) is 29.4. The van der Waals surface area contributed by atoms with Gasteiger partial charge in [-0.05, 0) is 97.5 Å². The molecule has 1 saturated heterocycles. The summed E-state index contributed by atoms with van der Waals surface area (Å²) in [6.07, 6.45) is 8.21. The average Bonchev–Trinajstić information content (AvgIpc) is 3.06. The van der Waals surface area contributed by atoms with Gasteiger partial charge >= 0.3 is 0 Å². The molecule has 31 heavy (non-hydrogen) atoms. The number of anilines is 1. The van der Waals surface area contributed by atoms with Gasteiger partial charge < -0.3 is 14.5 Å². The minimum absolute atomic E-state index is 0.374. The Balaban J connectivity index is 1.54. The van der Waals surface area contributed by atoms with E-state index in [0.29, 0.717) is 12.0 Å². The van der Waals surface area contributed by atoms with E-state index in [1.807, 2.05) is 0 Å². The molecule has 3 unspecified atom stereocenters. The molecule has 6 rings (SSSR count). The Bertz CT molecular complexity index is 1100. The van der Waals surface area contributed by atoms with Crippen molar-refractivity contribution >= 4 is 43.6 Å². The van der Waals surface area contributed by atoms with Crippen LogP contribution in [0.2, 0.25) is 0 Å². The molecule has 3 aliphatic heterocycles. The fourth-order valence-corrected chi connectivity index (χ4v) is 7.70. The van der Waals surface area contributed by atoms with Crippen molar-refractivity contribution in [1.29, 1.82) is 0 Å². The average molecular weight is 544 g/mol. The predicted octanol–water partition coefficient (Wildman–Crippen LogP) is 6.87. The van der Waals surface area contributed by atoms with Crippen LogP contribution in [0.5, 0.6) is 5.75 Å². The highest BCUT2D eigenvalue weighted by atomic mass is 79.9. The van der Waals surface area contributed by atoms with Gasteiger partial charge in [-0.1, -0.05) is 33.6 Å². The van der Waals surface area contributed by atoms with Crippen LogP contribution >= 0.6 is 31.9 Å². The molecule has 3 heterocycles. The Morgan fingerprint density at radius 3 is 2.87 bits per heavy atom. The number of nitrogens with zero attached hydrogens (tertiary/aromatic N) is 2. The molecule has 0 aromatic heterocycles. The minimum Gasteiger partial charge on any atom is -0.462 e. The van der Waals surface area contributed by atoms with Crippen molar-refractivity contribution in [3.8, 4) is 5.75 Å². The molecule has 4 aliphatic rings. The van der Waals surface area contributed by atoms with Gasteiger partial charge in [-0.3, -0.25) is 0 Å². The number of benzene rings is 2. The van der Waals surface area contributed by atoms with Gasteiger partial charge in [0.15, 0.2) is 0 Å². The molecule has 3 atom stereocenters. The Morgan fingerprint density at radius 1 is 1.13 bits per heavy atom. The summed E-state index contributed by atoms with van der Waals surface area (Å²) in [4.78, 5) is 5.21. The van der Waals surface area contributed by atoms with E-state index in [2.05, 4.69) is 92.0 Å². The van der Waals surface area contributed by atoms with E-state index in [0.717, 1.165) is 40.6 Å². The summed E-state index contributed by atoms with van der Waals surface area (Å²) in [6.45, 7) is 4.49. The molecule has 162 valence electrons. The monoisotopic (exact) mass is 542 g/mol. The summed E-state index contributed by atoms with van der Waals surface area (Å²) in [5.41, 5.74) is 6.51. The van der Waals surface area contributed by atoms with Crippen LogP contribution < -0.4 is 9.64 Å². The van der Waals surface area contributed by atoms with E-state index >= 15 is 0 Å². The summed E-state index contributed by atoms with van der Waals surface area (Å²) in [5, 5.41) is 0. The molecule has 0 N–H and O–H groups in total. The number of likely N-dealkylation sites (tertiary alicyclic amines) is 1. The second-order valence-corrected chi connectivity index (χ2v) is 11.5. The summed E-state index contributed by atoms with van der Waals surface area (Å²) < 4.78 is 9.24. The molecule has 1 aliphatic carbocycles. The zero-order chi connectivity index (χ0) is 21.3. The van der Waals surface area contributed by atoms with Crippen molar-refractivity contribution in [2.24, 2.45) is 0 Å². The number of ether oxygens (including phenoxy) is 1. The lowest BCUT2D eigenvalue weighted by molar-refractivity contribution is 0.0554. The van der Waals surface area contributed by atoms with Crippen molar-refractivity contribution in [3.05, 3.63) is 61.5 Å². The van der Waals surface area contributed by atoms with Gasteiger partial charge in [0, 0.05) is 40.6 Å². The molecule has 2 aromatic carbocycles. The zero-order valence-electron chi connectivity index (χ0n) is 18.1. The van der Waals surface area contributed by atoms with Gasteiger partial charge in [-0.25, -0.2) is 0 Å². The fraction of sp³-hybridized carbons (Fsp3) is 0.462. The highest BCUT2D eigenvalue weighted by Crippen LogP contribution is 2.55. The van der Waals surface area contributed by atoms with Crippen LogP contribution in [-0.2, 0) is 0 Å². The molecular weight excluding hydrogens is 516 g/mol. The van der Waals surface area contributed by atoms with Crippen molar-refractivity contribution in [1.82, 2.24) is 4.90 Å². The third-order valence-corrected chi connectivity index (χ3v) is 8.74. The van der Waals surface area contributed by atoms with E-state index in [-0.39, 0.29) is 5.72 Å². The number of rotatable bonds is 1. The topological polar surface area (TPSA) is 15.7 Å². The summed E-state index contributed by atoms with van der Waals surface area (Å²) in [7, 11) is 2.26. The van der Waals surface area contributed by atoms with E-state index in [1.165, 1.54) is 47.2 Å². The van der Waals surface area contributed by atoms with Crippen LogP contribution in [0.4, 0.5) is 5.69 Å². The first-order valence-electron chi connectivity index (χ1n) is 11.4. The number of halogens is 2. The lowest BCUT2D eigenvalue weighted by Gasteiger charge is -2.53. The Hall–Kier alpha value is -1.30. The molecule has 0 spiro atoms. The highest BCUT2D eigenvalue weighted by molar-refractivity contribution is 9.11. The van der Waals surface area contributed by atoms with Crippen molar-refractivity contribution < 1.29 is 4.74 Å². The number of fused-ring (bicyclic) bond motifs is 5. The van der Waals surface area contributed by atoms with Crippen molar-refractivity contribution in [3.63, 3.8) is 0 Å². The maximum atomic E-state index is 7.13. The third kappa shape index (κ3) is 3.07. The maximum absolute atomic E-state index is 7.13. The molecule has 1 saturated carbocycles. The Morgan fingerprint density at radius 2 is 2.00 bits per heavy atom. The first-order chi connectivity index (χ1) is 15.0.